The Morgan fingerprint density at radius 2 is 1.53 bits per heavy atom. The van der Waals surface area contributed by atoms with Crippen LogP contribution in [0.4, 0.5) is 10.5 Å². The minimum atomic E-state index is -4.44. The first-order valence-electron chi connectivity index (χ1n) is 27.2. The van der Waals surface area contributed by atoms with E-state index in [-0.39, 0.29) is 49.1 Å². The lowest BCUT2D eigenvalue weighted by Crippen LogP contribution is -2.65. The Kier molecular flexibility index (Phi) is 23.0. The highest BCUT2D eigenvalue weighted by Crippen LogP contribution is 2.49. The number of ether oxygens (including phenoxy) is 6. The van der Waals surface area contributed by atoms with E-state index in [0.717, 1.165) is 68.4 Å². The predicted octanol–water partition coefficient (Wildman–Crippen LogP) is 3.45. The molecule has 4 heterocycles. The number of benzene rings is 2. The maximum atomic E-state index is 12.8. The Morgan fingerprint density at radius 1 is 0.808 bits per heavy atom. The van der Waals surface area contributed by atoms with Gasteiger partial charge in [0.15, 0.2) is 24.2 Å². The van der Waals surface area contributed by atoms with Gasteiger partial charge in [0, 0.05) is 74.8 Å². The molecule has 0 bridgehead atoms. The molecule has 2 aromatic rings. The summed E-state index contributed by atoms with van der Waals surface area (Å²) in [7, 11) is -3.18. The van der Waals surface area contributed by atoms with E-state index < -0.39 is 96.3 Å². The van der Waals surface area contributed by atoms with Crippen LogP contribution >= 0.6 is 0 Å². The minimum absolute atomic E-state index is 0.0180. The van der Waals surface area contributed by atoms with Crippen LogP contribution in [0.15, 0.2) is 83.4 Å². The lowest BCUT2D eigenvalue weighted by Gasteiger charge is -2.46. The molecule has 0 saturated carbocycles. The lowest BCUT2D eigenvalue weighted by atomic mass is 9.83. The molecule has 0 radical (unpaired) electrons. The van der Waals surface area contributed by atoms with Crippen molar-refractivity contribution in [3.63, 3.8) is 0 Å². The summed E-state index contributed by atoms with van der Waals surface area (Å²) in [6.45, 7) is 11.2. The van der Waals surface area contributed by atoms with Crippen molar-refractivity contribution in [3.8, 4) is 0 Å². The number of hydrogen-bond donors (Lipinski definition) is 9. The van der Waals surface area contributed by atoms with E-state index in [1.54, 1.807) is 12.1 Å². The van der Waals surface area contributed by atoms with Gasteiger partial charge in [-0.05, 0) is 55.2 Å². The molecule has 434 valence electrons. The van der Waals surface area contributed by atoms with Crippen molar-refractivity contribution in [2.24, 2.45) is 0 Å². The van der Waals surface area contributed by atoms with Crippen LogP contribution in [0, 0.1) is 0 Å². The summed E-state index contributed by atoms with van der Waals surface area (Å²) in [6, 6.07) is 13.4. The van der Waals surface area contributed by atoms with E-state index in [2.05, 4.69) is 83.4 Å². The van der Waals surface area contributed by atoms with Crippen LogP contribution in [0.5, 0.6) is 0 Å². The number of hydrogen-bond acceptors (Lipinski definition) is 17. The standard InChI is InChI=1S/C56H82N4O17S/c1-7-9-26-56(5)38-20-17-16-19-37(38)40(60(56)29-10-8-2)21-13-11-14-22-44-55(3,4)39-33-36(78(69,70)71)24-25-41(39)59(44)28-18-12-15-23-45(63)58-27-30-72-31-32-73-53-51(48(66)46(64)42(34-61)75-53)76-52-49(67)50(77-54(68)57-6)47(65)43(35-62)74-52/h11,13-14,16-17,19-22,24-25,33,42-43,46-53,61-62,64-67H,7-10,12,15,18,23,26-32,34-35H2,1-6H3,(H2-,57,58,63,68,69,70,71)/p+1/t42-,43+,46+,47+,48-,49-,50-,51-,52+,53?,56?/m0/s1. The molecular weight excluding hydrogens is 1030 g/mol. The number of alkyl carbamates (subject to hydrolysis) is 1. The second-order valence-corrected chi connectivity index (χ2v) is 22.2. The quantitative estimate of drug-likeness (QED) is 0.0255. The number of rotatable bonds is 28. The maximum Gasteiger partial charge on any atom is 0.407 e. The number of amides is 2. The number of fused-ring (bicyclic) bond motifs is 2. The van der Waals surface area contributed by atoms with E-state index in [4.69, 9.17) is 28.4 Å². The van der Waals surface area contributed by atoms with Crippen molar-refractivity contribution in [1.82, 2.24) is 10.6 Å². The fraction of sp³-hybridized carbons (Fsp3) is 0.625. The van der Waals surface area contributed by atoms with E-state index in [9.17, 15) is 53.2 Å². The fourth-order valence-electron chi connectivity index (χ4n) is 10.7. The van der Waals surface area contributed by atoms with Gasteiger partial charge in [0.05, 0.1) is 43.5 Å². The zero-order chi connectivity index (χ0) is 56.8. The van der Waals surface area contributed by atoms with Gasteiger partial charge < -0.3 is 74.6 Å². The summed E-state index contributed by atoms with van der Waals surface area (Å²) in [4.78, 5) is 26.8. The molecule has 2 amide bonds. The summed E-state index contributed by atoms with van der Waals surface area (Å²) < 4.78 is 70.5. The SMILES string of the molecule is CCCC[N+]1=C(/C=C/C=C/C=C2\N(CCCCCC(=O)NCCOCCOC3O[C@@H](CO)[C@@H](O)[C@H](O)[C@@H]3O[C@H]3O[C@H](CO)[C@@H](O)[C@H](OC(=O)NC)[C@@H]3O)c3ccc(S(=O)(=O)O)cc3C2(C)C)c2ccccc2C1(C)CCCC. The van der Waals surface area contributed by atoms with E-state index in [0.29, 0.717) is 13.0 Å². The number of aliphatic hydroxyl groups is 6. The predicted molar refractivity (Wildman–Crippen MR) is 288 cm³/mol. The maximum absolute atomic E-state index is 12.8. The first kappa shape index (κ1) is 62.5. The molecule has 4 aliphatic heterocycles. The second-order valence-electron chi connectivity index (χ2n) is 20.8. The third-order valence-corrected chi connectivity index (χ3v) is 15.9. The van der Waals surface area contributed by atoms with Crippen molar-refractivity contribution in [2.45, 2.75) is 170 Å². The fourth-order valence-corrected chi connectivity index (χ4v) is 11.2. The number of aliphatic hydroxyl groups excluding tert-OH is 6. The highest BCUT2D eigenvalue weighted by Gasteiger charge is 2.53. The molecule has 9 N–H and O–H groups in total. The van der Waals surface area contributed by atoms with Crippen molar-refractivity contribution in [3.05, 3.63) is 95.2 Å². The van der Waals surface area contributed by atoms with Gasteiger partial charge in [-0.2, -0.15) is 8.42 Å². The second kappa shape index (κ2) is 28.7. The van der Waals surface area contributed by atoms with Crippen LogP contribution in [0.1, 0.15) is 109 Å². The van der Waals surface area contributed by atoms with Crippen molar-refractivity contribution in [2.75, 3.05) is 64.6 Å². The van der Waals surface area contributed by atoms with Crippen molar-refractivity contribution >= 4 is 33.5 Å². The van der Waals surface area contributed by atoms with Gasteiger partial charge in [-0.15, -0.1) is 0 Å². The average molecular weight is 1120 g/mol. The smallest absolute Gasteiger partial charge is 0.407 e. The lowest BCUT2D eigenvalue weighted by molar-refractivity contribution is -0.610. The van der Waals surface area contributed by atoms with Gasteiger partial charge in [-0.3, -0.25) is 9.35 Å². The monoisotopic (exact) mass is 1120 g/mol. The highest BCUT2D eigenvalue weighted by molar-refractivity contribution is 7.85. The Hall–Kier alpha value is -4.66. The summed E-state index contributed by atoms with van der Waals surface area (Å²) in [6.07, 6.45) is 1.36. The molecule has 0 spiro atoms. The van der Waals surface area contributed by atoms with Gasteiger partial charge in [-0.1, -0.05) is 83.4 Å². The van der Waals surface area contributed by atoms with Crippen LogP contribution in [-0.4, -0.2) is 187 Å². The van der Waals surface area contributed by atoms with Crippen LogP contribution in [0.2, 0.25) is 0 Å². The van der Waals surface area contributed by atoms with Gasteiger partial charge >= 0.3 is 6.09 Å². The number of nitrogens with one attached hydrogen (secondary N) is 2. The molecular formula is C56H83N4O17S+. The summed E-state index contributed by atoms with van der Waals surface area (Å²) in [5.74, 6) is -0.165. The van der Waals surface area contributed by atoms with Gasteiger partial charge in [0.1, 0.15) is 49.3 Å². The molecule has 0 aromatic heterocycles. The molecule has 6 rings (SSSR count). The normalized spacial score (nSPS) is 28.4. The molecule has 2 unspecified atom stereocenters. The average Bonchev–Trinajstić information content (AvgIpc) is 3.93. The Bertz CT molecular complexity index is 2560. The summed E-state index contributed by atoms with van der Waals surface area (Å²) in [5, 5.41) is 67.6. The Balaban J connectivity index is 0.996. The third kappa shape index (κ3) is 14.8. The zero-order valence-corrected chi connectivity index (χ0v) is 46.6. The van der Waals surface area contributed by atoms with Crippen LogP contribution < -0.4 is 15.5 Å². The van der Waals surface area contributed by atoms with E-state index >= 15 is 0 Å². The number of carbonyl (C=O) groups is 2. The molecule has 21 nitrogen and oxygen atoms in total. The third-order valence-electron chi connectivity index (χ3n) is 15.1. The summed E-state index contributed by atoms with van der Waals surface area (Å²) in [5.41, 5.74) is 5.75. The number of allylic oxidation sites excluding steroid dienone is 6. The van der Waals surface area contributed by atoms with Gasteiger partial charge in [-0.25, -0.2) is 9.37 Å². The first-order valence-corrected chi connectivity index (χ1v) is 28.7. The highest BCUT2D eigenvalue weighted by atomic mass is 32.2. The topological polar surface area (TPSA) is 296 Å². The number of unbranched alkanes of at least 4 members (excludes halogenated alkanes) is 4. The molecule has 22 heteroatoms. The molecule has 11 atom stereocenters. The molecule has 2 saturated heterocycles. The number of carbonyl (C=O) groups excluding carboxylic acids is 2. The summed E-state index contributed by atoms with van der Waals surface area (Å²) >= 11 is 0. The minimum Gasteiger partial charge on any atom is -0.440 e. The zero-order valence-electron chi connectivity index (χ0n) is 45.7. The van der Waals surface area contributed by atoms with Crippen LogP contribution in [-0.2, 0) is 54.3 Å². The molecule has 4 aliphatic rings. The molecule has 2 aromatic carbocycles. The van der Waals surface area contributed by atoms with Gasteiger partial charge in [0.2, 0.25) is 11.6 Å². The first-order chi connectivity index (χ1) is 37.3. The Morgan fingerprint density at radius 3 is 2.23 bits per heavy atom. The number of nitrogens with zero attached hydrogens (tertiary/aromatic N) is 2. The van der Waals surface area contributed by atoms with Crippen molar-refractivity contribution in [1.29, 1.82) is 0 Å². The van der Waals surface area contributed by atoms with Crippen LogP contribution in [0.3, 0.4) is 0 Å². The molecule has 2 fully saturated rings. The van der Waals surface area contributed by atoms with E-state index in [1.165, 1.54) is 30.0 Å². The van der Waals surface area contributed by atoms with Gasteiger partial charge in [0.25, 0.3) is 10.1 Å². The Labute approximate surface area is 458 Å². The number of anilines is 1. The molecule has 0 aliphatic carbocycles. The van der Waals surface area contributed by atoms with Crippen molar-refractivity contribution < 1.29 is 86.2 Å². The molecule has 78 heavy (non-hydrogen) atoms. The largest absolute Gasteiger partial charge is 0.440 e. The van der Waals surface area contributed by atoms with E-state index in [1.807, 2.05) is 26.0 Å². The van der Waals surface area contributed by atoms with Crippen LogP contribution in [0.25, 0.3) is 0 Å².